The van der Waals surface area contributed by atoms with Gasteiger partial charge in [0.25, 0.3) is 11.6 Å². The zero-order valence-electron chi connectivity index (χ0n) is 10.5. The van der Waals surface area contributed by atoms with Gasteiger partial charge in [-0.25, -0.2) is 0 Å². The predicted octanol–water partition coefficient (Wildman–Crippen LogP) is 0.157. The first kappa shape index (κ1) is 13.5. The van der Waals surface area contributed by atoms with Crippen molar-refractivity contribution in [1.29, 1.82) is 0 Å². The maximum Gasteiger partial charge on any atom is 0.287 e. The Morgan fingerprint density at radius 2 is 2.47 bits per heavy atom. The summed E-state index contributed by atoms with van der Waals surface area (Å²) in [5.41, 5.74) is 5.80. The van der Waals surface area contributed by atoms with E-state index in [2.05, 4.69) is 10.3 Å². The summed E-state index contributed by atoms with van der Waals surface area (Å²) in [6, 6.07) is 0.787. The Bertz CT molecular complexity index is 485. The Morgan fingerprint density at radius 1 is 1.74 bits per heavy atom. The zero-order valence-corrected chi connectivity index (χ0v) is 10.5. The normalized spacial score (nSPS) is 25.7. The number of ether oxygens (including phenoxy) is 1. The summed E-state index contributed by atoms with van der Waals surface area (Å²) in [7, 11) is 0. The number of rotatable bonds is 5. The van der Waals surface area contributed by atoms with Crippen molar-refractivity contribution in [3.8, 4) is 0 Å². The van der Waals surface area contributed by atoms with E-state index in [-0.39, 0.29) is 29.6 Å². The minimum atomic E-state index is -0.564. The number of nitrogens with one attached hydrogen (secondary N) is 2. The lowest BCUT2D eigenvalue weighted by molar-refractivity contribution is -0.384. The molecule has 0 saturated heterocycles. The summed E-state index contributed by atoms with van der Waals surface area (Å²) < 4.78 is 5.43. The van der Waals surface area contributed by atoms with Crippen molar-refractivity contribution < 1.29 is 14.5 Å². The molecule has 0 spiro atoms. The number of nitrogens with two attached hydrogens (primary N) is 1. The van der Waals surface area contributed by atoms with Crippen LogP contribution in [0.3, 0.4) is 0 Å². The standard InChI is InChI=1S/C11H16N4O4/c1-2-19-9-4-7(12)10(9)14-11(16)8-3-6(5-13-8)15(17)18/h3,5,7,9-10,13H,2,4,12H2,1H3,(H,14,16). The van der Waals surface area contributed by atoms with E-state index in [1.54, 1.807) is 0 Å². The second-order valence-electron chi connectivity index (χ2n) is 4.42. The second-order valence-corrected chi connectivity index (χ2v) is 4.42. The molecule has 1 aliphatic rings. The highest BCUT2D eigenvalue weighted by Gasteiger charge is 2.40. The van der Waals surface area contributed by atoms with Gasteiger partial charge in [-0.2, -0.15) is 0 Å². The van der Waals surface area contributed by atoms with Crippen LogP contribution in [0.2, 0.25) is 0 Å². The molecule has 1 saturated carbocycles. The monoisotopic (exact) mass is 268 g/mol. The van der Waals surface area contributed by atoms with Gasteiger partial charge in [0, 0.05) is 18.7 Å². The molecule has 3 atom stereocenters. The smallest absolute Gasteiger partial charge is 0.287 e. The maximum atomic E-state index is 11.9. The van der Waals surface area contributed by atoms with Crippen molar-refractivity contribution in [2.45, 2.75) is 31.5 Å². The summed E-state index contributed by atoms with van der Waals surface area (Å²) >= 11 is 0. The first-order valence-electron chi connectivity index (χ1n) is 6.03. The topological polar surface area (TPSA) is 123 Å². The highest BCUT2D eigenvalue weighted by molar-refractivity contribution is 5.93. The van der Waals surface area contributed by atoms with Gasteiger partial charge in [0.15, 0.2) is 0 Å². The zero-order chi connectivity index (χ0) is 14.0. The fraction of sp³-hybridized carbons (Fsp3) is 0.545. The molecular weight excluding hydrogens is 252 g/mol. The number of nitro groups is 1. The van der Waals surface area contributed by atoms with E-state index in [0.29, 0.717) is 13.0 Å². The fourth-order valence-corrected chi connectivity index (χ4v) is 2.08. The molecule has 1 heterocycles. The lowest BCUT2D eigenvalue weighted by Crippen LogP contribution is -2.64. The number of aromatic nitrogens is 1. The molecule has 0 radical (unpaired) electrons. The Hall–Kier alpha value is -1.93. The SMILES string of the molecule is CCOC1CC(N)C1NC(=O)c1cc([N+](=O)[O-])c[nH]1. The lowest BCUT2D eigenvalue weighted by Gasteiger charge is -2.42. The van der Waals surface area contributed by atoms with Crippen LogP contribution in [0.5, 0.6) is 0 Å². The van der Waals surface area contributed by atoms with E-state index >= 15 is 0 Å². The number of aromatic amines is 1. The van der Waals surface area contributed by atoms with Crippen molar-refractivity contribution in [3.63, 3.8) is 0 Å². The number of hydrogen-bond donors (Lipinski definition) is 3. The molecule has 1 aromatic heterocycles. The van der Waals surface area contributed by atoms with Crippen LogP contribution < -0.4 is 11.1 Å². The first-order valence-corrected chi connectivity index (χ1v) is 6.03. The van der Waals surface area contributed by atoms with Gasteiger partial charge in [-0.05, 0) is 13.3 Å². The number of amides is 1. The van der Waals surface area contributed by atoms with Crippen molar-refractivity contribution in [3.05, 3.63) is 28.1 Å². The summed E-state index contributed by atoms with van der Waals surface area (Å²) in [5.74, 6) is -0.419. The van der Waals surface area contributed by atoms with Crippen LogP contribution in [0.25, 0.3) is 0 Å². The number of carbonyl (C=O) groups is 1. The van der Waals surface area contributed by atoms with Gasteiger partial charge in [0.05, 0.1) is 23.3 Å². The summed E-state index contributed by atoms with van der Waals surface area (Å²) in [5, 5.41) is 13.3. The van der Waals surface area contributed by atoms with Gasteiger partial charge in [-0.15, -0.1) is 0 Å². The van der Waals surface area contributed by atoms with E-state index in [1.165, 1.54) is 12.3 Å². The van der Waals surface area contributed by atoms with E-state index in [0.717, 1.165) is 0 Å². The van der Waals surface area contributed by atoms with Crippen LogP contribution in [0.1, 0.15) is 23.8 Å². The van der Waals surface area contributed by atoms with E-state index < -0.39 is 10.8 Å². The van der Waals surface area contributed by atoms with Crippen molar-refractivity contribution in [2.24, 2.45) is 5.73 Å². The van der Waals surface area contributed by atoms with Gasteiger partial charge in [0.2, 0.25) is 0 Å². The number of hydrogen-bond acceptors (Lipinski definition) is 5. The maximum absolute atomic E-state index is 11.9. The van der Waals surface area contributed by atoms with Crippen LogP contribution in [0.15, 0.2) is 12.3 Å². The average molecular weight is 268 g/mol. The molecule has 2 rings (SSSR count). The molecule has 104 valence electrons. The molecule has 0 aromatic carbocycles. The van der Waals surface area contributed by atoms with Gasteiger partial charge in [0.1, 0.15) is 5.69 Å². The Morgan fingerprint density at radius 3 is 3.00 bits per heavy atom. The van der Waals surface area contributed by atoms with Gasteiger partial charge < -0.3 is 20.8 Å². The molecule has 1 fully saturated rings. The molecule has 19 heavy (non-hydrogen) atoms. The molecule has 0 aliphatic heterocycles. The summed E-state index contributed by atoms with van der Waals surface area (Å²) in [6.45, 7) is 2.43. The molecule has 0 bridgehead atoms. The number of H-pyrrole nitrogens is 1. The van der Waals surface area contributed by atoms with Crippen LogP contribution in [0.4, 0.5) is 5.69 Å². The fourth-order valence-electron chi connectivity index (χ4n) is 2.08. The predicted molar refractivity (Wildman–Crippen MR) is 66.7 cm³/mol. The van der Waals surface area contributed by atoms with E-state index in [9.17, 15) is 14.9 Å². The molecule has 3 unspecified atom stereocenters. The Balaban J connectivity index is 1.98. The summed E-state index contributed by atoms with van der Waals surface area (Å²) in [4.78, 5) is 24.4. The minimum absolute atomic E-state index is 0.0890. The third kappa shape index (κ3) is 2.74. The van der Waals surface area contributed by atoms with Gasteiger partial charge in [-0.1, -0.05) is 0 Å². The quantitative estimate of drug-likeness (QED) is 0.518. The lowest BCUT2D eigenvalue weighted by atomic mass is 9.83. The number of nitrogens with zero attached hydrogens (tertiary/aromatic N) is 1. The number of carbonyl (C=O) groups excluding carboxylic acids is 1. The van der Waals surface area contributed by atoms with Crippen molar-refractivity contribution in [2.75, 3.05) is 6.61 Å². The largest absolute Gasteiger partial charge is 0.376 e. The van der Waals surface area contributed by atoms with E-state index in [4.69, 9.17) is 10.5 Å². The third-order valence-corrected chi connectivity index (χ3v) is 3.17. The van der Waals surface area contributed by atoms with E-state index in [1.807, 2.05) is 6.92 Å². The summed E-state index contributed by atoms with van der Waals surface area (Å²) in [6.07, 6.45) is 1.79. The highest BCUT2D eigenvalue weighted by Crippen LogP contribution is 2.23. The Labute approximate surface area is 109 Å². The van der Waals surface area contributed by atoms with Crippen LogP contribution in [-0.2, 0) is 4.74 Å². The van der Waals surface area contributed by atoms with Crippen LogP contribution in [-0.4, -0.2) is 40.6 Å². The molecule has 8 heteroatoms. The van der Waals surface area contributed by atoms with Crippen molar-refractivity contribution in [1.82, 2.24) is 10.3 Å². The molecule has 8 nitrogen and oxygen atoms in total. The molecular formula is C11H16N4O4. The van der Waals surface area contributed by atoms with Gasteiger partial charge >= 0.3 is 0 Å². The van der Waals surface area contributed by atoms with Crippen molar-refractivity contribution >= 4 is 11.6 Å². The Kier molecular flexibility index (Phi) is 3.82. The minimum Gasteiger partial charge on any atom is -0.376 e. The van der Waals surface area contributed by atoms with Crippen LogP contribution in [0, 0.1) is 10.1 Å². The van der Waals surface area contributed by atoms with Gasteiger partial charge in [-0.3, -0.25) is 14.9 Å². The molecule has 1 aliphatic carbocycles. The molecule has 1 amide bonds. The van der Waals surface area contributed by atoms with Crippen LogP contribution >= 0.6 is 0 Å². The average Bonchev–Trinajstić information content (AvgIpc) is 2.85. The molecule has 1 aromatic rings. The highest BCUT2D eigenvalue weighted by atomic mass is 16.6. The molecule has 4 N–H and O–H groups in total. The third-order valence-electron chi connectivity index (χ3n) is 3.17. The second kappa shape index (κ2) is 5.37. The first-order chi connectivity index (χ1) is 9.02.